The fourth-order valence-electron chi connectivity index (χ4n) is 2.71. The number of rotatable bonds is 4. The van der Waals surface area contributed by atoms with Crippen LogP contribution in [0.5, 0.6) is 0 Å². The van der Waals surface area contributed by atoms with Gasteiger partial charge in [-0.3, -0.25) is 19.3 Å². The lowest BCUT2D eigenvalue weighted by Gasteiger charge is -2.27. The maximum absolute atomic E-state index is 12.6. The van der Waals surface area contributed by atoms with Crippen molar-refractivity contribution in [3.05, 3.63) is 42.0 Å². The normalized spacial score (nSPS) is 16.3. The van der Waals surface area contributed by atoms with Crippen molar-refractivity contribution in [3.8, 4) is 0 Å². The lowest BCUT2D eigenvalue weighted by molar-refractivity contribution is -0.131. The van der Waals surface area contributed by atoms with Crippen molar-refractivity contribution in [2.45, 2.75) is 52.2 Å². The molecule has 0 aliphatic carbocycles. The molecule has 0 spiro atoms. The number of hydrogen-bond donors (Lipinski definition) is 2. The van der Waals surface area contributed by atoms with Crippen LogP contribution in [0.1, 0.15) is 50.5 Å². The summed E-state index contributed by atoms with van der Waals surface area (Å²) in [7, 11) is 0. The molecule has 6 heteroatoms. The van der Waals surface area contributed by atoms with E-state index in [1.165, 1.54) is 4.90 Å². The van der Waals surface area contributed by atoms with E-state index in [1.807, 2.05) is 26.8 Å². The largest absolute Gasteiger partial charge is 0.350 e. The van der Waals surface area contributed by atoms with Gasteiger partial charge in [0.15, 0.2) is 0 Å². The van der Waals surface area contributed by atoms with Crippen LogP contribution in [0.3, 0.4) is 0 Å². The van der Waals surface area contributed by atoms with Crippen molar-refractivity contribution in [2.75, 3.05) is 0 Å². The summed E-state index contributed by atoms with van der Waals surface area (Å²) in [6.45, 7) is 12.8. The summed E-state index contributed by atoms with van der Waals surface area (Å²) >= 11 is 0. The van der Waals surface area contributed by atoms with Gasteiger partial charge >= 0.3 is 0 Å². The summed E-state index contributed by atoms with van der Waals surface area (Å²) in [6, 6.07) is 5.65. The highest BCUT2D eigenvalue weighted by atomic mass is 16.2. The van der Waals surface area contributed by atoms with E-state index in [-0.39, 0.29) is 17.4 Å². The zero-order chi connectivity index (χ0) is 18.9. The molecule has 1 aromatic rings. The van der Waals surface area contributed by atoms with Crippen molar-refractivity contribution in [1.82, 2.24) is 15.5 Å². The fraction of sp³-hybridized carbons (Fsp3) is 0.421. The molecule has 1 aliphatic heterocycles. The number of nitrogens with zero attached hydrogens (tertiary/aromatic N) is 1. The minimum atomic E-state index is -0.766. The van der Waals surface area contributed by atoms with Crippen LogP contribution in [-0.4, -0.2) is 40.2 Å². The minimum absolute atomic E-state index is 0.255. The van der Waals surface area contributed by atoms with Crippen LogP contribution in [0.15, 0.2) is 30.8 Å². The van der Waals surface area contributed by atoms with Crippen molar-refractivity contribution in [3.63, 3.8) is 0 Å². The van der Waals surface area contributed by atoms with E-state index in [0.29, 0.717) is 11.3 Å². The SMILES string of the molecule is C=C1c2ccccc2C(=O)N1[C@@H](C)C(=O)N[C@H](C)C(=O)NC(C)(C)C. The molecule has 134 valence electrons. The average Bonchev–Trinajstić information content (AvgIpc) is 2.77. The van der Waals surface area contributed by atoms with Crippen LogP contribution in [0.25, 0.3) is 5.70 Å². The van der Waals surface area contributed by atoms with Gasteiger partial charge in [-0.2, -0.15) is 0 Å². The zero-order valence-corrected chi connectivity index (χ0v) is 15.3. The Kier molecular flexibility index (Phi) is 5.02. The summed E-state index contributed by atoms with van der Waals surface area (Å²) < 4.78 is 0. The molecule has 3 amide bonds. The predicted octanol–water partition coefficient (Wildman–Crippen LogP) is 1.92. The molecular formula is C19H25N3O3. The summed E-state index contributed by atoms with van der Waals surface area (Å²) in [5, 5.41) is 5.47. The van der Waals surface area contributed by atoms with Gasteiger partial charge in [0.05, 0.1) is 0 Å². The Balaban J connectivity index is 2.07. The molecule has 25 heavy (non-hydrogen) atoms. The molecule has 0 fully saturated rings. The van der Waals surface area contributed by atoms with E-state index in [4.69, 9.17) is 0 Å². The highest BCUT2D eigenvalue weighted by molar-refractivity contribution is 6.11. The molecule has 0 unspecified atom stereocenters. The van der Waals surface area contributed by atoms with Gasteiger partial charge in [-0.15, -0.1) is 0 Å². The second kappa shape index (κ2) is 6.70. The zero-order valence-electron chi connectivity index (χ0n) is 15.3. The molecule has 2 atom stereocenters. The van der Waals surface area contributed by atoms with Crippen LogP contribution in [-0.2, 0) is 9.59 Å². The number of fused-ring (bicyclic) bond motifs is 1. The quantitative estimate of drug-likeness (QED) is 0.877. The number of carbonyl (C=O) groups excluding carboxylic acids is 3. The number of amides is 3. The molecule has 6 nitrogen and oxygen atoms in total. The first-order valence-electron chi connectivity index (χ1n) is 8.27. The lowest BCUT2D eigenvalue weighted by Crippen LogP contribution is -2.54. The van der Waals surface area contributed by atoms with Crippen molar-refractivity contribution >= 4 is 23.4 Å². The summed E-state index contributed by atoms with van der Waals surface area (Å²) in [6.07, 6.45) is 0. The summed E-state index contributed by atoms with van der Waals surface area (Å²) in [5.74, 6) is -0.933. The Bertz CT molecular complexity index is 699. The smallest absolute Gasteiger partial charge is 0.259 e. The van der Waals surface area contributed by atoms with Crippen molar-refractivity contribution in [1.29, 1.82) is 0 Å². The van der Waals surface area contributed by atoms with Crippen LogP contribution >= 0.6 is 0 Å². The molecule has 0 radical (unpaired) electrons. The third-order valence-corrected chi connectivity index (χ3v) is 3.99. The van der Waals surface area contributed by atoms with E-state index < -0.39 is 18.0 Å². The van der Waals surface area contributed by atoms with Gasteiger partial charge in [0.1, 0.15) is 12.1 Å². The fourth-order valence-corrected chi connectivity index (χ4v) is 2.71. The lowest BCUT2D eigenvalue weighted by atomic mass is 10.1. The Hall–Kier alpha value is -2.63. The Labute approximate surface area is 148 Å². The van der Waals surface area contributed by atoms with Crippen LogP contribution in [0.4, 0.5) is 0 Å². The van der Waals surface area contributed by atoms with Crippen LogP contribution in [0.2, 0.25) is 0 Å². The van der Waals surface area contributed by atoms with Gasteiger partial charge in [-0.25, -0.2) is 0 Å². The topological polar surface area (TPSA) is 78.5 Å². The molecule has 0 saturated heterocycles. The maximum atomic E-state index is 12.6. The van der Waals surface area contributed by atoms with Crippen molar-refractivity contribution in [2.24, 2.45) is 0 Å². The Morgan fingerprint density at radius 1 is 1.08 bits per heavy atom. The molecule has 0 saturated carbocycles. The molecule has 2 rings (SSSR count). The number of benzene rings is 1. The molecular weight excluding hydrogens is 318 g/mol. The molecule has 1 aromatic carbocycles. The van der Waals surface area contributed by atoms with Crippen LogP contribution < -0.4 is 10.6 Å². The number of carbonyl (C=O) groups is 3. The highest BCUT2D eigenvalue weighted by Gasteiger charge is 2.37. The van der Waals surface area contributed by atoms with Gasteiger partial charge in [-0.1, -0.05) is 24.8 Å². The Morgan fingerprint density at radius 3 is 2.16 bits per heavy atom. The first-order chi connectivity index (χ1) is 11.5. The first kappa shape index (κ1) is 18.7. The second-order valence-corrected chi connectivity index (χ2v) is 7.31. The highest BCUT2D eigenvalue weighted by Crippen LogP contribution is 2.32. The predicted molar refractivity (Wildman–Crippen MR) is 96.6 cm³/mol. The van der Waals surface area contributed by atoms with Gasteiger partial charge in [0.2, 0.25) is 11.8 Å². The van der Waals surface area contributed by atoms with E-state index in [1.54, 1.807) is 32.0 Å². The monoisotopic (exact) mass is 343 g/mol. The standard InChI is InChI=1S/C19H25N3O3/c1-11(16(23)21-19(4,5)6)20-17(24)13(3)22-12(2)14-9-7-8-10-15(14)18(22)25/h7-11,13H,2H2,1,3-6H3,(H,20,24)(H,21,23)/t11-,13+/m1/s1. The van der Waals surface area contributed by atoms with Gasteiger partial charge in [-0.05, 0) is 40.7 Å². The minimum Gasteiger partial charge on any atom is -0.350 e. The van der Waals surface area contributed by atoms with E-state index in [9.17, 15) is 14.4 Å². The maximum Gasteiger partial charge on any atom is 0.259 e. The second-order valence-electron chi connectivity index (χ2n) is 7.31. The summed E-state index contributed by atoms with van der Waals surface area (Å²) in [5.41, 5.74) is 1.37. The molecule has 1 aliphatic rings. The van der Waals surface area contributed by atoms with Gasteiger partial charge in [0.25, 0.3) is 5.91 Å². The Morgan fingerprint density at radius 2 is 1.64 bits per heavy atom. The van der Waals surface area contributed by atoms with E-state index >= 15 is 0 Å². The molecule has 2 N–H and O–H groups in total. The average molecular weight is 343 g/mol. The van der Waals surface area contributed by atoms with Gasteiger partial charge in [0, 0.05) is 22.4 Å². The van der Waals surface area contributed by atoms with Gasteiger partial charge < -0.3 is 10.6 Å². The number of hydrogen-bond acceptors (Lipinski definition) is 3. The first-order valence-corrected chi connectivity index (χ1v) is 8.27. The third-order valence-electron chi connectivity index (χ3n) is 3.99. The molecule has 0 bridgehead atoms. The number of nitrogens with one attached hydrogen (secondary N) is 2. The molecule has 0 aromatic heterocycles. The van der Waals surface area contributed by atoms with E-state index in [0.717, 1.165) is 5.56 Å². The molecule has 1 heterocycles. The van der Waals surface area contributed by atoms with Crippen LogP contribution in [0, 0.1) is 0 Å². The van der Waals surface area contributed by atoms with E-state index in [2.05, 4.69) is 17.2 Å². The van der Waals surface area contributed by atoms with Crippen molar-refractivity contribution < 1.29 is 14.4 Å². The third kappa shape index (κ3) is 3.90. The summed E-state index contributed by atoms with van der Waals surface area (Å²) in [4.78, 5) is 38.6.